The summed E-state index contributed by atoms with van der Waals surface area (Å²) in [4.78, 5) is 24.6. The number of ether oxygens (including phenoxy) is 2. The number of carbonyl (C=O) groups excluding carboxylic acids is 2. The second-order valence-electron chi connectivity index (χ2n) is 5.57. The molecule has 0 saturated carbocycles. The van der Waals surface area contributed by atoms with Gasteiger partial charge in [-0.25, -0.2) is 9.48 Å². The van der Waals surface area contributed by atoms with Crippen LogP contribution in [0.1, 0.15) is 17.3 Å². The van der Waals surface area contributed by atoms with E-state index in [2.05, 4.69) is 20.8 Å². The number of tetrazole rings is 1. The Morgan fingerprint density at radius 3 is 2.70 bits per heavy atom. The Hall–Kier alpha value is -3.75. The molecule has 9 heteroatoms. The van der Waals surface area contributed by atoms with Gasteiger partial charge in [-0.15, -0.1) is 5.10 Å². The van der Waals surface area contributed by atoms with Gasteiger partial charge in [-0.1, -0.05) is 12.1 Å². The third kappa shape index (κ3) is 4.46. The fourth-order valence-electron chi connectivity index (χ4n) is 2.28. The lowest BCUT2D eigenvalue weighted by atomic mass is 10.2. The molecule has 0 saturated heterocycles. The van der Waals surface area contributed by atoms with Crippen molar-refractivity contribution in [1.29, 1.82) is 0 Å². The summed E-state index contributed by atoms with van der Waals surface area (Å²) in [5, 5.41) is 13.5. The van der Waals surface area contributed by atoms with Crippen molar-refractivity contribution in [1.82, 2.24) is 20.2 Å². The number of hydrogen-bond acceptors (Lipinski definition) is 7. The highest BCUT2D eigenvalue weighted by atomic mass is 16.5. The number of hydrogen-bond donors (Lipinski definition) is 1. The Balaban J connectivity index is 1.64. The van der Waals surface area contributed by atoms with Gasteiger partial charge in [-0.2, -0.15) is 0 Å². The van der Waals surface area contributed by atoms with E-state index in [1.165, 1.54) is 25.0 Å². The van der Waals surface area contributed by atoms with E-state index in [0.717, 1.165) is 0 Å². The van der Waals surface area contributed by atoms with Crippen LogP contribution in [0.15, 0.2) is 54.9 Å². The highest BCUT2D eigenvalue weighted by Crippen LogP contribution is 2.17. The molecule has 0 aliphatic heterocycles. The van der Waals surface area contributed by atoms with Crippen molar-refractivity contribution in [3.63, 3.8) is 0 Å². The average Bonchev–Trinajstić information content (AvgIpc) is 3.23. The number of methoxy groups -OCH3 is 1. The minimum atomic E-state index is -0.986. The molecule has 0 aliphatic rings. The first-order valence-corrected chi connectivity index (χ1v) is 8.06. The third-order valence-electron chi connectivity index (χ3n) is 3.69. The minimum Gasteiger partial charge on any atom is -0.497 e. The maximum atomic E-state index is 12.4. The Labute approximate surface area is 154 Å². The first kappa shape index (κ1) is 18.1. The van der Waals surface area contributed by atoms with Crippen LogP contribution in [0, 0.1) is 0 Å². The zero-order chi connectivity index (χ0) is 19.2. The van der Waals surface area contributed by atoms with E-state index in [4.69, 9.17) is 9.47 Å². The predicted octanol–water partition coefficient (Wildman–Crippen LogP) is 1.85. The van der Waals surface area contributed by atoms with E-state index in [1.807, 2.05) is 0 Å². The summed E-state index contributed by atoms with van der Waals surface area (Å²) in [7, 11) is 1.54. The molecule has 9 nitrogen and oxygen atoms in total. The molecule has 1 N–H and O–H groups in total. The Bertz CT molecular complexity index is 942. The molecule has 2 aromatic carbocycles. The summed E-state index contributed by atoms with van der Waals surface area (Å²) in [6.45, 7) is 1.50. The fourth-order valence-corrected chi connectivity index (χ4v) is 2.28. The zero-order valence-corrected chi connectivity index (χ0v) is 14.7. The minimum absolute atomic E-state index is 0.282. The van der Waals surface area contributed by atoms with Crippen molar-refractivity contribution in [2.75, 3.05) is 12.4 Å². The molecule has 3 aromatic rings. The third-order valence-corrected chi connectivity index (χ3v) is 3.69. The molecule has 1 atom stereocenters. The molecule has 0 fully saturated rings. The van der Waals surface area contributed by atoms with Crippen molar-refractivity contribution in [3.8, 4) is 11.4 Å². The van der Waals surface area contributed by atoms with Gasteiger partial charge < -0.3 is 14.8 Å². The molecule has 138 valence electrons. The molecule has 27 heavy (non-hydrogen) atoms. The number of nitrogens with one attached hydrogen (secondary N) is 1. The van der Waals surface area contributed by atoms with Crippen LogP contribution in [-0.4, -0.2) is 45.3 Å². The van der Waals surface area contributed by atoms with Crippen LogP contribution >= 0.6 is 0 Å². The fraction of sp³-hybridized carbons (Fsp3) is 0.167. The van der Waals surface area contributed by atoms with Crippen molar-refractivity contribution in [2.45, 2.75) is 13.0 Å². The van der Waals surface area contributed by atoms with Gasteiger partial charge in [0, 0.05) is 11.8 Å². The highest BCUT2D eigenvalue weighted by molar-refractivity contribution is 5.97. The SMILES string of the molecule is COc1cccc(NC(=O)[C@H](C)OC(=O)c2cccc(-n3cnnn3)c2)c1. The number of amides is 1. The molecule has 0 radical (unpaired) electrons. The second-order valence-corrected chi connectivity index (χ2v) is 5.57. The summed E-state index contributed by atoms with van der Waals surface area (Å²) < 4.78 is 11.8. The molecular weight excluding hydrogens is 350 g/mol. The average molecular weight is 367 g/mol. The number of nitrogens with zero attached hydrogens (tertiary/aromatic N) is 4. The summed E-state index contributed by atoms with van der Waals surface area (Å²) >= 11 is 0. The molecule has 0 spiro atoms. The summed E-state index contributed by atoms with van der Waals surface area (Å²) in [6.07, 6.45) is 0.426. The molecule has 0 unspecified atom stereocenters. The lowest BCUT2D eigenvalue weighted by Crippen LogP contribution is -2.30. The van der Waals surface area contributed by atoms with Crippen molar-refractivity contribution >= 4 is 17.6 Å². The van der Waals surface area contributed by atoms with Crippen LogP contribution in [0.2, 0.25) is 0 Å². The van der Waals surface area contributed by atoms with E-state index in [1.54, 1.807) is 48.5 Å². The lowest BCUT2D eigenvalue weighted by molar-refractivity contribution is -0.123. The summed E-state index contributed by atoms with van der Waals surface area (Å²) in [5.41, 5.74) is 1.43. The maximum absolute atomic E-state index is 12.4. The van der Waals surface area contributed by atoms with Gasteiger partial charge in [0.05, 0.1) is 18.4 Å². The maximum Gasteiger partial charge on any atom is 0.338 e. The van der Waals surface area contributed by atoms with Gasteiger partial charge in [-0.05, 0) is 47.7 Å². The summed E-state index contributed by atoms with van der Waals surface area (Å²) in [6, 6.07) is 13.5. The van der Waals surface area contributed by atoms with Gasteiger partial charge in [0.1, 0.15) is 12.1 Å². The number of benzene rings is 2. The number of esters is 1. The Kier molecular flexibility index (Phi) is 5.41. The highest BCUT2D eigenvalue weighted by Gasteiger charge is 2.19. The quantitative estimate of drug-likeness (QED) is 0.662. The van der Waals surface area contributed by atoms with Gasteiger partial charge in [0.15, 0.2) is 6.10 Å². The van der Waals surface area contributed by atoms with Crippen LogP contribution in [-0.2, 0) is 9.53 Å². The van der Waals surface area contributed by atoms with Crippen LogP contribution in [0.3, 0.4) is 0 Å². The molecular formula is C18H17N5O4. The smallest absolute Gasteiger partial charge is 0.338 e. The number of anilines is 1. The van der Waals surface area contributed by atoms with E-state index in [0.29, 0.717) is 17.1 Å². The van der Waals surface area contributed by atoms with Crippen molar-refractivity contribution in [3.05, 3.63) is 60.4 Å². The van der Waals surface area contributed by atoms with E-state index < -0.39 is 18.0 Å². The molecule has 1 amide bonds. The summed E-state index contributed by atoms with van der Waals surface area (Å²) in [5.74, 6) is -0.469. The number of rotatable bonds is 6. The van der Waals surface area contributed by atoms with Gasteiger partial charge >= 0.3 is 5.97 Å². The topological polar surface area (TPSA) is 108 Å². The normalized spacial score (nSPS) is 11.5. The van der Waals surface area contributed by atoms with Gasteiger partial charge in [-0.3, -0.25) is 4.79 Å². The van der Waals surface area contributed by atoms with Crippen LogP contribution in [0.25, 0.3) is 5.69 Å². The van der Waals surface area contributed by atoms with Crippen LogP contribution < -0.4 is 10.1 Å². The van der Waals surface area contributed by atoms with Crippen LogP contribution in [0.5, 0.6) is 5.75 Å². The molecule has 1 heterocycles. The zero-order valence-electron chi connectivity index (χ0n) is 14.7. The largest absolute Gasteiger partial charge is 0.497 e. The van der Waals surface area contributed by atoms with E-state index >= 15 is 0 Å². The lowest BCUT2D eigenvalue weighted by Gasteiger charge is -2.14. The number of carbonyl (C=O) groups is 2. The first-order valence-electron chi connectivity index (χ1n) is 8.06. The second kappa shape index (κ2) is 8.09. The Morgan fingerprint density at radius 2 is 1.96 bits per heavy atom. The van der Waals surface area contributed by atoms with Crippen molar-refractivity contribution in [2.24, 2.45) is 0 Å². The van der Waals surface area contributed by atoms with Crippen LogP contribution in [0.4, 0.5) is 5.69 Å². The van der Waals surface area contributed by atoms with Gasteiger partial charge in [0.25, 0.3) is 5.91 Å². The monoisotopic (exact) mass is 367 g/mol. The predicted molar refractivity (Wildman–Crippen MR) is 95.7 cm³/mol. The van der Waals surface area contributed by atoms with E-state index in [-0.39, 0.29) is 5.56 Å². The Morgan fingerprint density at radius 1 is 1.15 bits per heavy atom. The first-order chi connectivity index (χ1) is 13.1. The van der Waals surface area contributed by atoms with E-state index in [9.17, 15) is 9.59 Å². The molecule has 1 aromatic heterocycles. The van der Waals surface area contributed by atoms with Crippen molar-refractivity contribution < 1.29 is 19.1 Å². The molecule has 0 aliphatic carbocycles. The number of aromatic nitrogens is 4. The molecule has 3 rings (SSSR count). The molecule has 0 bridgehead atoms. The van der Waals surface area contributed by atoms with Gasteiger partial charge in [0.2, 0.25) is 0 Å². The standard InChI is InChI=1S/C18H17N5O4/c1-12(17(24)20-14-6-4-8-16(10-14)26-2)27-18(25)13-5-3-7-15(9-13)23-11-19-21-22-23/h3-12H,1-2H3,(H,20,24)/t12-/m0/s1.